The summed E-state index contributed by atoms with van der Waals surface area (Å²) in [6.07, 6.45) is 19.1. The van der Waals surface area contributed by atoms with Crippen molar-refractivity contribution in [2.45, 2.75) is 191 Å². The van der Waals surface area contributed by atoms with Crippen molar-refractivity contribution in [1.82, 2.24) is 0 Å². The summed E-state index contributed by atoms with van der Waals surface area (Å²) in [5, 5.41) is 59.7. The van der Waals surface area contributed by atoms with Gasteiger partial charge in [-0.2, -0.15) is 0 Å². The van der Waals surface area contributed by atoms with Crippen molar-refractivity contribution in [3.8, 4) is 0 Å². The number of allylic oxidation sites excluding steroid dienone is 2. The molecule has 0 saturated carbocycles. The van der Waals surface area contributed by atoms with Crippen molar-refractivity contribution in [3.63, 3.8) is 0 Å². The number of rotatable bonds is 29. The van der Waals surface area contributed by atoms with Gasteiger partial charge in [0.1, 0.15) is 42.7 Å². The maximum atomic E-state index is 10.3. The molecule has 48 heavy (non-hydrogen) atoms. The van der Waals surface area contributed by atoms with E-state index >= 15 is 0 Å². The third-order valence-electron chi connectivity index (χ3n) is 9.29. The number of aliphatic hydroxyl groups is 6. The monoisotopic (exact) mass is 690 g/mol. The molecule has 0 aromatic rings. The first kappa shape index (κ1) is 43.5. The van der Waals surface area contributed by atoms with Crippen LogP contribution in [0.4, 0.5) is 0 Å². The van der Waals surface area contributed by atoms with E-state index in [9.17, 15) is 30.6 Å². The Morgan fingerprint density at radius 2 is 0.979 bits per heavy atom. The number of ether oxygens (including phenoxy) is 5. The topological polar surface area (TPSA) is 168 Å². The maximum absolute atomic E-state index is 10.3. The molecule has 0 aromatic heterocycles. The first-order chi connectivity index (χ1) is 23.3. The van der Waals surface area contributed by atoms with Crippen LogP contribution < -0.4 is 0 Å². The van der Waals surface area contributed by atoms with Crippen molar-refractivity contribution < 1.29 is 54.3 Å². The summed E-state index contributed by atoms with van der Waals surface area (Å²) in [5.41, 5.74) is 0. The summed E-state index contributed by atoms with van der Waals surface area (Å²) < 4.78 is 27.9. The zero-order chi connectivity index (χ0) is 34.8. The Hall–Kier alpha value is -0.700. The lowest BCUT2D eigenvalue weighted by molar-refractivity contribution is -0.305. The maximum Gasteiger partial charge on any atom is 0.186 e. The Labute approximate surface area is 290 Å². The molecule has 0 amide bonds. The molecule has 284 valence electrons. The first-order valence-corrected chi connectivity index (χ1v) is 19.2. The highest BCUT2D eigenvalue weighted by Gasteiger charge is 2.41. The molecular weight excluding hydrogens is 620 g/mol. The Bertz CT molecular complexity index is 772. The van der Waals surface area contributed by atoms with Crippen LogP contribution in [-0.4, -0.2) is 119 Å². The largest absolute Gasteiger partial charge is 0.388 e. The summed E-state index contributed by atoms with van der Waals surface area (Å²) in [6.45, 7) is 2.33. The Kier molecular flexibility index (Phi) is 25.3. The van der Waals surface area contributed by atoms with Gasteiger partial charge >= 0.3 is 0 Å². The van der Waals surface area contributed by atoms with Crippen LogP contribution in [0.5, 0.6) is 0 Å². The molecule has 11 heteroatoms. The van der Waals surface area contributed by atoms with E-state index in [1.54, 1.807) is 0 Å². The van der Waals surface area contributed by atoms with E-state index in [2.05, 4.69) is 19.1 Å². The molecule has 2 aliphatic rings. The van der Waals surface area contributed by atoms with Gasteiger partial charge in [0.05, 0.1) is 26.4 Å². The summed E-state index contributed by atoms with van der Waals surface area (Å²) in [4.78, 5) is 0. The van der Waals surface area contributed by atoms with E-state index in [0.29, 0.717) is 6.61 Å². The van der Waals surface area contributed by atoms with E-state index in [0.717, 1.165) is 19.3 Å². The van der Waals surface area contributed by atoms with Crippen LogP contribution in [-0.2, 0) is 23.7 Å². The van der Waals surface area contributed by atoms with E-state index in [1.165, 1.54) is 109 Å². The van der Waals surface area contributed by atoms with Crippen LogP contribution in [0.1, 0.15) is 135 Å². The second kappa shape index (κ2) is 28.0. The van der Waals surface area contributed by atoms with Gasteiger partial charge in [0.2, 0.25) is 0 Å². The molecule has 2 saturated heterocycles. The van der Waals surface area contributed by atoms with Crippen molar-refractivity contribution >= 4 is 0 Å². The molecule has 2 fully saturated rings. The number of aliphatic hydroxyl groups excluding tert-OH is 6. The SMILES string of the molecule is CCCCCC/C=C\CCCCCCCCCCCCCCCCOC[C@H](CO[C@H]1OC[C@H](O)[C@@H](O)[C@@H]1O)O[C@H]1OC[C@H](O)[C@@H](O)[C@@H]1O. The fourth-order valence-corrected chi connectivity index (χ4v) is 6.07. The highest BCUT2D eigenvalue weighted by Crippen LogP contribution is 2.21. The highest BCUT2D eigenvalue weighted by atomic mass is 16.7. The number of hydrogen-bond donors (Lipinski definition) is 6. The molecule has 2 aliphatic heterocycles. The Morgan fingerprint density at radius 1 is 0.542 bits per heavy atom. The first-order valence-electron chi connectivity index (χ1n) is 19.2. The van der Waals surface area contributed by atoms with Gasteiger partial charge in [0, 0.05) is 6.61 Å². The average molecular weight is 691 g/mol. The Balaban J connectivity index is 1.46. The van der Waals surface area contributed by atoms with Crippen LogP contribution in [0.15, 0.2) is 12.2 Å². The minimum absolute atomic E-state index is 0.0931. The molecule has 2 rings (SSSR count). The van der Waals surface area contributed by atoms with Crippen LogP contribution in [0.3, 0.4) is 0 Å². The summed E-state index contributed by atoms with van der Waals surface area (Å²) >= 11 is 0. The fraction of sp³-hybridized carbons (Fsp3) is 0.946. The highest BCUT2D eigenvalue weighted by molar-refractivity contribution is 4.85. The standard InChI is InChI=1S/C37H70O11/c1-2-3-4-5-6-7-8-9-10-11-12-13-14-15-16-17-18-19-20-21-22-23-24-44-25-29(48-37-35(43)33(41)31(39)28-47-37)26-45-36-34(42)32(40)30(38)27-46-36/h7-8,29-43H,2-6,9-28H2,1H3/b8-7-/t29-,30+,31+,32-,33-,34+,35+,36+,37-/m1/s1. The van der Waals surface area contributed by atoms with Gasteiger partial charge in [-0.05, 0) is 32.1 Å². The molecule has 0 unspecified atom stereocenters. The van der Waals surface area contributed by atoms with Crippen molar-refractivity contribution in [3.05, 3.63) is 12.2 Å². The minimum atomic E-state index is -1.47. The average Bonchev–Trinajstić information content (AvgIpc) is 3.08. The molecular formula is C37H70O11. The predicted octanol–water partition coefficient (Wildman–Crippen LogP) is 4.66. The smallest absolute Gasteiger partial charge is 0.186 e. The van der Waals surface area contributed by atoms with Gasteiger partial charge in [-0.3, -0.25) is 0 Å². The second-order valence-electron chi connectivity index (χ2n) is 13.7. The molecule has 0 bridgehead atoms. The van der Waals surface area contributed by atoms with Crippen LogP contribution in [0.2, 0.25) is 0 Å². The van der Waals surface area contributed by atoms with Gasteiger partial charge in [0.25, 0.3) is 0 Å². The van der Waals surface area contributed by atoms with Gasteiger partial charge in [-0.25, -0.2) is 0 Å². The summed E-state index contributed by atoms with van der Waals surface area (Å²) in [5.74, 6) is 0. The fourth-order valence-electron chi connectivity index (χ4n) is 6.07. The van der Waals surface area contributed by atoms with Crippen molar-refractivity contribution in [2.24, 2.45) is 0 Å². The quantitative estimate of drug-likeness (QED) is 0.0477. The van der Waals surface area contributed by atoms with Crippen molar-refractivity contribution in [2.75, 3.05) is 33.0 Å². The third-order valence-corrected chi connectivity index (χ3v) is 9.29. The normalized spacial score (nSPS) is 28.7. The molecule has 0 aliphatic carbocycles. The number of unbranched alkanes of at least 4 members (excludes halogenated alkanes) is 18. The van der Waals surface area contributed by atoms with Crippen molar-refractivity contribution in [1.29, 1.82) is 0 Å². The molecule has 9 atom stereocenters. The predicted molar refractivity (Wildman–Crippen MR) is 184 cm³/mol. The van der Waals surface area contributed by atoms with E-state index in [1.807, 2.05) is 0 Å². The molecule has 0 radical (unpaired) electrons. The van der Waals surface area contributed by atoms with Crippen LogP contribution in [0.25, 0.3) is 0 Å². The number of hydrogen-bond acceptors (Lipinski definition) is 11. The molecule has 2 heterocycles. The molecule has 0 aromatic carbocycles. The van der Waals surface area contributed by atoms with Gasteiger partial charge in [-0.15, -0.1) is 0 Å². The zero-order valence-corrected chi connectivity index (χ0v) is 29.8. The molecule has 0 spiro atoms. The lowest BCUT2D eigenvalue weighted by Crippen LogP contribution is -2.56. The third kappa shape index (κ3) is 19.1. The van der Waals surface area contributed by atoms with Gasteiger partial charge in [-0.1, -0.05) is 115 Å². The van der Waals surface area contributed by atoms with Crippen LogP contribution >= 0.6 is 0 Å². The van der Waals surface area contributed by atoms with E-state index in [-0.39, 0.29) is 26.4 Å². The second-order valence-corrected chi connectivity index (χ2v) is 13.7. The van der Waals surface area contributed by atoms with Crippen LogP contribution in [0, 0.1) is 0 Å². The van der Waals surface area contributed by atoms with Gasteiger partial charge < -0.3 is 54.3 Å². The molecule has 6 N–H and O–H groups in total. The molecule has 11 nitrogen and oxygen atoms in total. The van der Waals surface area contributed by atoms with Gasteiger partial charge in [0.15, 0.2) is 12.6 Å². The Morgan fingerprint density at radius 3 is 1.50 bits per heavy atom. The summed E-state index contributed by atoms with van der Waals surface area (Å²) in [6, 6.07) is 0. The lowest BCUT2D eigenvalue weighted by Gasteiger charge is -2.38. The zero-order valence-electron chi connectivity index (χ0n) is 29.8. The summed E-state index contributed by atoms with van der Waals surface area (Å²) in [7, 11) is 0. The minimum Gasteiger partial charge on any atom is -0.388 e. The van der Waals surface area contributed by atoms with E-state index < -0.39 is 55.3 Å². The lowest BCUT2D eigenvalue weighted by atomic mass is 10.0. The van der Waals surface area contributed by atoms with E-state index in [4.69, 9.17) is 23.7 Å².